The lowest BCUT2D eigenvalue weighted by Crippen LogP contribution is -2.28. The highest BCUT2D eigenvalue weighted by Gasteiger charge is 2.23. The molecule has 26 heavy (non-hydrogen) atoms. The van der Waals surface area contributed by atoms with E-state index in [9.17, 15) is 4.79 Å². The van der Waals surface area contributed by atoms with Gasteiger partial charge in [0.05, 0.1) is 10.9 Å². The average molecular weight is 344 g/mol. The van der Waals surface area contributed by atoms with Gasteiger partial charge in [-0.1, -0.05) is 61.7 Å². The van der Waals surface area contributed by atoms with Crippen molar-refractivity contribution < 1.29 is 0 Å². The Labute approximate surface area is 150 Å². The van der Waals surface area contributed by atoms with Gasteiger partial charge in [-0.15, -0.1) is 10.2 Å². The Morgan fingerprint density at radius 3 is 2.38 bits per heavy atom. The first-order chi connectivity index (χ1) is 12.8. The van der Waals surface area contributed by atoms with Gasteiger partial charge < -0.3 is 0 Å². The number of benzene rings is 2. The van der Waals surface area contributed by atoms with Gasteiger partial charge in [-0.3, -0.25) is 13.8 Å². The van der Waals surface area contributed by atoms with Gasteiger partial charge in [-0.25, -0.2) is 0 Å². The first kappa shape index (κ1) is 15.3. The van der Waals surface area contributed by atoms with Gasteiger partial charge in [0, 0.05) is 11.6 Å². The van der Waals surface area contributed by atoms with E-state index < -0.39 is 0 Å². The van der Waals surface area contributed by atoms with Crippen molar-refractivity contribution in [2.45, 2.75) is 38.1 Å². The molecule has 5 rings (SSSR count). The summed E-state index contributed by atoms with van der Waals surface area (Å²) < 4.78 is 3.93. The highest BCUT2D eigenvalue weighted by atomic mass is 16.1. The van der Waals surface area contributed by atoms with Crippen LogP contribution in [0.5, 0.6) is 0 Å². The average Bonchev–Trinajstić information content (AvgIpc) is 3.15. The van der Waals surface area contributed by atoms with Crippen LogP contribution < -0.4 is 5.56 Å². The van der Waals surface area contributed by atoms with Crippen molar-refractivity contribution in [1.82, 2.24) is 19.2 Å². The molecule has 0 radical (unpaired) electrons. The van der Waals surface area contributed by atoms with Crippen LogP contribution in [0, 0.1) is 0 Å². The Balaban J connectivity index is 1.89. The second kappa shape index (κ2) is 6.09. The molecule has 130 valence electrons. The summed E-state index contributed by atoms with van der Waals surface area (Å²) in [5.41, 5.74) is 1.91. The molecule has 1 aliphatic rings. The molecule has 4 aromatic rings. The first-order valence-corrected chi connectivity index (χ1v) is 9.28. The third-order valence-electron chi connectivity index (χ3n) is 5.43. The topological polar surface area (TPSA) is 52.2 Å². The minimum absolute atomic E-state index is 0.0482. The highest BCUT2D eigenvalue weighted by molar-refractivity contribution is 5.82. The maximum atomic E-state index is 13.3. The lowest BCUT2D eigenvalue weighted by Gasteiger charge is -2.24. The molecule has 2 aromatic carbocycles. The number of hydrogen-bond donors (Lipinski definition) is 0. The fourth-order valence-corrected chi connectivity index (χ4v) is 4.17. The van der Waals surface area contributed by atoms with Crippen molar-refractivity contribution >= 4 is 16.7 Å². The van der Waals surface area contributed by atoms with E-state index in [1.165, 1.54) is 6.42 Å². The summed E-state index contributed by atoms with van der Waals surface area (Å²) in [4.78, 5) is 13.3. The number of rotatable bonds is 2. The van der Waals surface area contributed by atoms with Gasteiger partial charge in [0.25, 0.3) is 5.56 Å². The molecule has 0 amide bonds. The highest BCUT2D eigenvalue weighted by Crippen LogP contribution is 2.30. The summed E-state index contributed by atoms with van der Waals surface area (Å²) in [5.74, 6) is 1.43. The van der Waals surface area contributed by atoms with Crippen molar-refractivity contribution in [1.29, 1.82) is 0 Å². The van der Waals surface area contributed by atoms with Crippen LogP contribution >= 0.6 is 0 Å². The molecule has 0 aliphatic heterocycles. The number of nitrogens with zero attached hydrogens (tertiary/aromatic N) is 4. The second-order valence-corrected chi connectivity index (χ2v) is 7.01. The van der Waals surface area contributed by atoms with Crippen LogP contribution in [-0.2, 0) is 0 Å². The molecule has 1 saturated carbocycles. The quantitative estimate of drug-likeness (QED) is 0.547. The van der Waals surface area contributed by atoms with Crippen LogP contribution in [0.3, 0.4) is 0 Å². The number of para-hydroxylation sites is 1. The zero-order valence-electron chi connectivity index (χ0n) is 14.5. The monoisotopic (exact) mass is 344 g/mol. The molecule has 0 saturated heterocycles. The smallest absolute Gasteiger partial charge is 0.263 e. The van der Waals surface area contributed by atoms with E-state index in [0.29, 0.717) is 5.78 Å². The molecule has 0 atom stereocenters. The summed E-state index contributed by atoms with van der Waals surface area (Å²) in [5, 5.41) is 9.65. The molecular weight excluding hydrogens is 324 g/mol. The number of fused-ring (bicyclic) bond motifs is 3. The van der Waals surface area contributed by atoms with Crippen LogP contribution in [0.1, 0.15) is 38.1 Å². The predicted molar refractivity (Wildman–Crippen MR) is 102 cm³/mol. The molecule has 0 spiro atoms. The van der Waals surface area contributed by atoms with Gasteiger partial charge in [-0.2, -0.15) is 0 Å². The summed E-state index contributed by atoms with van der Waals surface area (Å²) in [6.07, 6.45) is 5.63. The molecule has 1 fully saturated rings. The Morgan fingerprint density at radius 1 is 0.846 bits per heavy atom. The molecular formula is C21H20N4O. The molecule has 2 heterocycles. The Morgan fingerprint density at radius 2 is 1.58 bits per heavy atom. The van der Waals surface area contributed by atoms with Gasteiger partial charge in [0.15, 0.2) is 5.82 Å². The zero-order valence-corrected chi connectivity index (χ0v) is 14.5. The summed E-state index contributed by atoms with van der Waals surface area (Å²) >= 11 is 0. The van der Waals surface area contributed by atoms with Crippen LogP contribution in [0.15, 0.2) is 59.4 Å². The van der Waals surface area contributed by atoms with Crippen molar-refractivity contribution in [2.24, 2.45) is 0 Å². The molecule has 5 nitrogen and oxygen atoms in total. The van der Waals surface area contributed by atoms with Gasteiger partial charge >= 0.3 is 0 Å². The van der Waals surface area contributed by atoms with Gasteiger partial charge in [0.1, 0.15) is 0 Å². The lowest BCUT2D eigenvalue weighted by molar-refractivity contribution is 0.351. The molecule has 0 unspecified atom stereocenters. The van der Waals surface area contributed by atoms with Crippen LogP contribution in [0.2, 0.25) is 0 Å². The third kappa shape index (κ3) is 2.27. The number of aromatic nitrogens is 4. The summed E-state index contributed by atoms with van der Waals surface area (Å²) in [6, 6.07) is 18.0. The fraction of sp³-hybridized carbons (Fsp3) is 0.286. The largest absolute Gasteiger partial charge is 0.273 e. The number of hydrogen-bond acceptors (Lipinski definition) is 3. The minimum Gasteiger partial charge on any atom is -0.273 e. The van der Waals surface area contributed by atoms with E-state index >= 15 is 0 Å². The predicted octanol–water partition coefficient (Wildman–Crippen LogP) is 4.22. The molecule has 2 aromatic heterocycles. The van der Waals surface area contributed by atoms with Crippen molar-refractivity contribution in [2.75, 3.05) is 0 Å². The second-order valence-electron chi connectivity index (χ2n) is 7.01. The third-order valence-corrected chi connectivity index (χ3v) is 5.43. The van der Waals surface area contributed by atoms with Crippen LogP contribution in [-0.4, -0.2) is 19.2 Å². The van der Waals surface area contributed by atoms with E-state index in [1.807, 2.05) is 63.6 Å². The van der Waals surface area contributed by atoms with Crippen molar-refractivity contribution in [3.63, 3.8) is 0 Å². The molecule has 5 heteroatoms. The van der Waals surface area contributed by atoms with E-state index in [1.54, 1.807) is 0 Å². The molecule has 1 aliphatic carbocycles. The van der Waals surface area contributed by atoms with Gasteiger partial charge in [-0.05, 0) is 25.0 Å². The van der Waals surface area contributed by atoms with Crippen molar-refractivity contribution in [3.8, 4) is 11.4 Å². The van der Waals surface area contributed by atoms with E-state index in [4.69, 9.17) is 0 Å². The van der Waals surface area contributed by atoms with E-state index in [0.717, 1.165) is 48.0 Å². The zero-order chi connectivity index (χ0) is 17.5. The molecule has 0 N–H and O–H groups in total. The van der Waals surface area contributed by atoms with Crippen LogP contribution in [0.25, 0.3) is 28.1 Å². The Bertz CT molecular complexity index is 1140. The Kier molecular flexibility index (Phi) is 3.59. The maximum Gasteiger partial charge on any atom is 0.263 e. The standard InChI is InChI=1S/C21H20N4O/c26-20-17-13-7-8-14-18(17)25-19(15-9-3-1-4-10-15)22-23-21(25)24(20)16-11-5-2-6-12-16/h1,3-4,7-10,13-14,16H,2,5-6,11-12H2. The first-order valence-electron chi connectivity index (χ1n) is 9.28. The molecule has 0 bridgehead atoms. The summed E-state index contributed by atoms with van der Waals surface area (Å²) in [7, 11) is 0. The fourth-order valence-electron chi connectivity index (χ4n) is 4.17. The maximum absolute atomic E-state index is 13.3. The van der Waals surface area contributed by atoms with Crippen LogP contribution in [0.4, 0.5) is 0 Å². The summed E-state index contributed by atoms with van der Waals surface area (Å²) in [6.45, 7) is 0. The van der Waals surface area contributed by atoms with Crippen molar-refractivity contribution in [3.05, 3.63) is 65.0 Å². The van der Waals surface area contributed by atoms with Gasteiger partial charge in [0.2, 0.25) is 5.78 Å². The normalized spacial score (nSPS) is 15.7. The van der Waals surface area contributed by atoms with E-state index in [-0.39, 0.29) is 11.6 Å². The lowest BCUT2D eigenvalue weighted by atomic mass is 9.95. The van der Waals surface area contributed by atoms with E-state index in [2.05, 4.69) is 10.2 Å². The SMILES string of the molecule is O=c1c2ccccc2n2c(-c3ccccc3)nnc2n1C1CCCCC1. The Hall–Kier alpha value is -2.95. The minimum atomic E-state index is 0.0482.